The van der Waals surface area contributed by atoms with Crippen LogP contribution in [0.2, 0.25) is 0 Å². The van der Waals surface area contributed by atoms with Crippen LogP contribution in [0.5, 0.6) is 5.75 Å². The molecule has 2 rings (SSSR count). The maximum absolute atomic E-state index is 12.1. The Labute approximate surface area is 144 Å². The fraction of sp³-hybridized carbons (Fsp3) is 0.235. The van der Waals surface area contributed by atoms with Crippen molar-refractivity contribution in [2.24, 2.45) is 5.73 Å². The summed E-state index contributed by atoms with van der Waals surface area (Å²) in [5, 5.41) is 4.83. The van der Waals surface area contributed by atoms with Crippen LogP contribution in [0.3, 0.4) is 0 Å². The number of primary amides is 1. The van der Waals surface area contributed by atoms with Gasteiger partial charge in [-0.2, -0.15) is 0 Å². The average molecular weight is 345 g/mol. The summed E-state index contributed by atoms with van der Waals surface area (Å²) in [7, 11) is 1.62. The van der Waals surface area contributed by atoms with Gasteiger partial charge >= 0.3 is 0 Å². The lowest BCUT2D eigenvalue weighted by atomic mass is 10.1. The van der Waals surface area contributed by atoms with Crippen molar-refractivity contribution in [3.05, 3.63) is 52.6 Å². The number of hydrogen-bond acceptors (Lipinski definition) is 5. The minimum Gasteiger partial charge on any atom is -0.496 e. The number of carbonyl (C=O) groups excluding carboxylic acids is 2. The minimum absolute atomic E-state index is 0.0645. The van der Waals surface area contributed by atoms with Gasteiger partial charge in [-0.1, -0.05) is 23.8 Å². The van der Waals surface area contributed by atoms with E-state index in [0.29, 0.717) is 17.2 Å². The van der Waals surface area contributed by atoms with Crippen molar-refractivity contribution in [1.29, 1.82) is 0 Å². The predicted molar refractivity (Wildman–Crippen MR) is 94.1 cm³/mol. The summed E-state index contributed by atoms with van der Waals surface area (Å²) < 4.78 is 5.31. The van der Waals surface area contributed by atoms with Crippen molar-refractivity contribution < 1.29 is 14.3 Å². The van der Waals surface area contributed by atoms with Crippen molar-refractivity contribution in [3.8, 4) is 5.75 Å². The molecule has 1 aromatic carbocycles. The summed E-state index contributed by atoms with van der Waals surface area (Å²) in [6.45, 7) is 1.88. The number of nitrogens with one attached hydrogen (secondary N) is 1. The van der Waals surface area contributed by atoms with E-state index in [2.05, 4.69) is 10.3 Å². The van der Waals surface area contributed by atoms with Gasteiger partial charge in [-0.3, -0.25) is 14.9 Å². The molecule has 1 aromatic heterocycles. The molecule has 0 aliphatic heterocycles. The van der Waals surface area contributed by atoms with Crippen molar-refractivity contribution in [1.82, 2.24) is 4.98 Å². The number of aromatic nitrogens is 1. The molecule has 1 heterocycles. The van der Waals surface area contributed by atoms with Gasteiger partial charge in [-0.25, -0.2) is 4.98 Å². The number of thiazole rings is 1. The van der Waals surface area contributed by atoms with Gasteiger partial charge in [0.25, 0.3) is 0 Å². The lowest BCUT2D eigenvalue weighted by Crippen LogP contribution is -2.14. The molecule has 0 fully saturated rings. The molecule has 0 spiro atoms. The SMILES string of the molecule is COc1ccccc1C/C(C)=C/C(=O)Nc1nc(CC(N)=O)cs1. The van der Waals surface area contributed by atoms with Crippen LogP contribution in [0.4, 0.5) is 5.13 Å². The summed E-state index contributed by atoms with van der Waals surface area (Å²) in [6.07, 6.45) is 2.21. The van der Waals surface area contributed by atoms with Crippen LogP contribution >= 0.6 is 11.3 Å². The van der Waals surface area contributed by atoms with Crippen LogP contribution in [-0.2, 0) is 22.4 Å². The van der Waals surface area contributed by atoms with Crippen LogP contribution < -0.4 is 15.8 Å². The number of nitrogens with zero attached hydrogens (tertiary/aromatic N) is 1. The molecule has 7 heteroatoms. The first-order valence-corrected chi connectivity index (χ1v) is 8.18. The number of anilines is 1. The summed E-state index contributed by atoms with van der Waals surface area (Å²) in [6, 6.07) is 7.69. The molecule has 0 aliphatic carbocycles. The molecule has 126 valence electrons. The quantitative estimate of drug-likeness (QED) is 0.753. The van der Waals surface area contributed by atoms with Gasteiger partial charge in [0, 0.05) is 11.5 Å². The smallest absolute Gasteiger partial charge is 0.250 e. The fourth-order valence-corrected chi connectivity index (χ4v) is 2.90. The lowest BCUT2D eigenvalue weighted by Gasteiger charge is -2.08. The molecule has 3 N–H and O–H groups in total. The van der Waals surface area contributed by atoms with E-state index in [1.165, 1.54) is 17.4 Å². The second-order valence-electron chi connectivity index (χ2n) is 5.26. The Bertz CT molecular complexity index is 768. The summed E-state index contributed by atoms with van der Waals surface area (Å²) in [5.41, 5.74) is 7.58. The third-order valence-corrected chi connectivity index (χ3v) is 3.98. The second kappa shape index (κ2) is 8.26. The maximum Gasteiger partial charge on any atom is 0.250 e. The second-order valence-corrected chi connectivity index (χ2v) is 6.11. The molecule has 24 heavy (non-hydrogen) atoms. The predicted octanol–water partition coefficient (Wildman–Crippen LogP) is 2.31. The summed E-state index contributed by atoms with van der Waals surface area (Å²) >= 11 is 1.26. The summed E-state index contributed by atoms with van der Waals surface area (Å²) in [5.74, 6) is 0.0785. The topological polar surface area (TPSA) is 94.3 Å². The van der Waals surface area contributed by atoms with Crippen molar-refractivity contribution in [2.75, 3.05) is 12.4 Å². The normalized spacial score (nSPS) is 11.2. The number of carbonyl (C=O) groups is 2. The number of methoxy groups -OCH3 is 1. The number of nitrogens with two attached hydrogens (primary N) is 1. The molecule has 6 nitrogen and oxygen atoms in total. The van der Waals surface area contributed by atoms with Crippen molar-refractivity contribution in [3.63, 3.8) is 0 Å². The van der Waals surface area contributed by atoms with E-state index in [-0.39, 0.29) is 12.3 Å². The fourth-order valence-electron chi connectivity index (χ4n) is 2.19. The number of allylic oxidation sites excluding steroid dienone is 1. The van der Waals surface area contributed by atoms with E-state index in [0.717, 1.165) is 16.9 Å². The van der Waals surface area contributed by atoms with Gasteiger partial charge in [0.1, 0.15) is 5.75 Å². The zero-order valence-corrected chi connectivity index (χ0v) is 14.4. The van der Waals surface area contributed by atoms with Crippen LogP contribution in [0.15, 0.2) is 41.3 Å². The Balaban J connectivity index is 1.98. The first kappa shape index (κ1) is 17.7. The molecule has 0 aliphatic rings. The van der Waals surface area contributed by atoms with Crippen molar-refractivity contribution in [2.45, 2.75) is 19.8 Å². The third-order valence-electron chi connectivity index (χ3n) is 3.18. The Hall–Kier alpha value is -2.67. The molecule has 0 saturated carbocycles. The van der Waals surface area contributed by atoms with Gasteiger partial charge in [-0.15, -0.1) is 11.3 Å². The van der Waals surface area contributed by atoms with Crippen LogP contribution in [0, 0.1) is 0 Å². The number of benzene rings is 1. The average Bonchev–Trinajstić information content (AvgIpc) is 2.93. The molecule has 2 aromatic rings. The van der Waals surface area contributed by atoms with Gasteiger partial charge < -0.3 is 10.5 Å². The number of rotatable bonds is 7. The molecular formula is C17H19N3O3S. The first-order chi connectivity index (χ1) is 11.5. The summed E-state index contributed by atoms with van der Waals surface area (Å²) in [4.78, 5) is 27.1. The Morgan fingerprint density at radius 1 is 1.33 bits per heavy atom. The maximum atomic E-state index is 12.1. The van der Waals surface area contributed by atoms with Gasteiger partial charge in [0.05, 0.1) is 19.2 Å². The molecular weight excluding hydrogens is 326 g/mol. The van der Waals surface area contributed by atoms with Crippen LogP contribution in [0.1, 0.15) is 18.2 Å². The van der Waals surface area contributed by atoms with E-state index in [1.807, 2.05) is 31.2 Å². The molecule has 0 atom stereocenters. The number of para-hydroxylation sites is 1. The minimum atomic E-state index is -0.453. The van der Waals surface area contributed by atoms with Gasteiger partial charge in [-0.05, 0) is 25.0 Å². The zero-order valence-electron chi connectivity index (χ0n) is 13.5. The standard InChI is InChI=1S/C17H19N3O3S/c1-11(7-12-5-3-4-6-14(12)23-2)8-16(22)20-17-19-13(10-24-17)9-15(18)21/h3-6,8,10H,7,9H2,1-2H3,(H2,18,21)(H,19,20,22)/b11-8+. The third kappa shape index (κ3) is 5.20. The number of amides is 2. The van der Waals surface area contributed by atoms with E-state index in [1.54, 1.807) is 12.5 Å². The lowest BCUT2D eigenvalue weighted by molar-refractivity contribution is -0.117. The van der Waals surface area contributed by atoms with E-state index >= 15 is 0 Å². The molecule has 2 amide bonds. The monoisotopic (exact) mass is 345 g/mol. The molecule has 0 unspecified atom stereocenters. The van der Waals surface area contributed by atoms with E-state index in [9.17, 15) is 9.59 Å². The Morgan fingerprint density at radius 3 is 2.79 bits per heavy atom. The highest BCUT2D eigenvalue weighted by molar-refractivity contribution is 7.14. The largest absolute Gasteiger partial charge is 0.496 e. The zero-order chi connectivity index (χ0) is 17.5. The van der Waals surface area contributed by atoms with E-state index < -0.39 is 5.91 Å². The Morgan fingerprint density at radius 2 is 2.08 bits per heavy atom. The van der Waals surface area contributed by atoms with Crippen molar-refractivity contribution >= 4 is 28.3 Å². The van der Waals surface area contributed by atoms with Crippen LogP contribution in [-0.4, -0.2) is 23.9 Å². The molecule has 0 radical (unpaired) electrons. The molecule has 0 saturated heterocycles. The number of ether oxygens (including phenoxy) is 1. The Kier molecular flexibility index (Phi) is 6.08. The van der Waals surface area contributed by atoms with Gasteiger partial charge in [0.15, 0.2) is 5.13 Å². The highest BCUT2D eigenvalue weighted by atomic mass is 32.1. The van der Waals surface area contributed by atoms with Gasteiger partial charge in [0.2, 0.25) is 11.8 Å². The first-order valence-electron chi connectivity index (χ1n) is 7.30. The highest BCUT2D eigenvalue weighted by Crippen LogP contribution is 2.21. The molecule has 0 bridgehead atoms. The number of hydrogen-bond donors (Lipinski definition) is 2. The van der Waals surface area contributed by atoms with Crippen LogP contribution in [0.25, 0.3) is 0 Å². The highest BCUT2D eigenvalue weighted by Gasteiger charge is 2.08. The van der Waals surface area contributed by atoms with E-state index in [4.69, 9.17) is 10.5 Å².